The van der Waals surface area contributed by atoms with Gasteiger partial charge in [-0.1, -0.05) is 25.0 Å². The molecule has 3 atom stereocenters. The maximum atomic E-state index is 12.0. The molecule has 35 heavy (non-hydrogen) atoms. The summed E-state index contributed by atoms with van der Waals surface area (Å²) >= 11 is 1.89. The normalized spacial score (nSPS) is 20.6. The van der Waals surface area contributed by atoms with E-state index >= 15 is 0 Å². The van der Waals surface area contributed by atoms with Crippen LogP contribution in [-0.4, -0.2) is 58.6 Å². The van der Waals surface area contributed by atoms with E-state index in [9.17, 15) is 19.2 Å². The minimum Gasteiger partial charge on any atom is -0.481 e. The van der Waals surface area contributed by atoms with Crippen molar-refractivity contribution in [1.29, 1.82) is 0 Å². The molecule has 0 aromatic heterocycles. The van der Waals surface area contributed by atoms with Crippen molar-refractivity contribution in [2.75, 3.05) is 12.3 Å². The first-order chi connectivity index (χ1) is 16.9. The maximum Gasteiger partial charge on any atom is 0.315 e. The minimum atomic E-state index is -0.841. The zero-order chi connectivity index (χ0) is 25.0. The van der Waals surface area contributed by atoms with E-state index in [1.807, 2.05) is 11.8 Å². The first-order valence-corrected chi connectivity index (χ1v) is 13.4. The first-order valence-electron chi connectivity index (χ1n) is 12.4. The fourth-order valence-corrected chi connectivity index (χ4v) is 5.86. The van der Waals surface area contributed by atoms with Crippen LogP contribution in [0.4, 0.5) is 4.79 Å². The molecule has 1 aromatic carbocycles. The van der Waals surface area contributed by atoms with Gasteiger partial charge in [0.2, 0.25) is 5.91 Å². The number of urea groups is 1. The Morgan fingerprint density at radius 1 is 1.00 bits per heavy atom. The van der Waals surface area contributed by atoms with Crippen molar-refractivity contribution in [1.82, 2.24) is 16.0 Å². The molecule has 0 radical (unpaired) electrons. The van der Waals surface area contributed by atoms with Crippen LogP contribution in [0, 0.1) is 0 Å². The highest BCUT2D eigenvalue weighted by Gasteiger charge is 2.42. The van der Waals surface area contributed by atoms with E-state index in [1.165, 1.54) is 0 Å². The summed E-state index contributed by atoms with van der Waals surface area (Å²) in [6.07, 6.45) is 6.48. The van der Waals surface area contributed by atoms with E-state index in [0.29, 0.717) is 43.2 Å². The molecule has 10 heteroatoms. The average Bonchev–Trinajstić information content (AvgIpc) is 3.37. The number of aryl methyl sites for hydroxylation is 1. The molecule has 3 rings (SSSR count). The molecule has 1 aromatic rings. The predicted molar refractivity (Wildman–Crippen MR) is 133 cm³/mol. The van der Waals surface area contributed by atoms with Crippen LogP contribution < -0.4 is 20.7 Å². The number of carboxylic acids is 1. The Balaban J connectivity index is 1.15. The molecule has 192 valence electrons. The Morgan fingerprint density at radius 3 is 2.54 bits per heavy atom. The van der Waals surface area contributed by atoms with E-state index in [-0.39, 0.29) is 36.4 Å². The summed E-state index contributed by atoms with van der Waals surface area (Å²) in [7, 11) is 0. The summed E-state index contributed by atoms with van der Waals surface area (Å²) < 4.78 is 5.31. The van der Waals surface area contributed by atoms with Gasteiger partial charge in [0.05, 0.1) is 12.1 Å². The molecule has 2 fully saturated rings. The van der Waals surface area contributed by atoms with Crippen molar-refractivity contribution >= 4 is 35.6 Å². The van der Waals surface area contributed by atoms with Gasteiger partial charge in [0.1, 0.15) is 5.75 Å². The second kappa shape index (κ2) is 14.0. The van der Waals surface area contributed by atoms with Crippen LogP contribution in [0.2, 0.25) is 0 Å². The number of amides is 3. The van der Waals surface area contributed by atoms with Crippen molar-refractivity contribution in [3.05, 3.63) is 29.8 Å². The summed E-state index contributed by atoms with van der Waals surface area (Å²) in [5.41, 5.74) is 0.886. The Morgan fingerprint density at radius 2 is 1.77 bits per heavy atom. The van der Waals surface area contributed by atoms with Crippen LogP contribution in [0.15, 0.2) is 24.3 Å². The Hall–Kier alpha value is -2.75. The average molecular weight is 506 g/mol. The van der Waals surface area contributed by atoms with Gasteiger partial charge in [-0.25, -0.2) is 4.79 Å². The number of fused-ring (bicyclic) bond motifs is 1. The molecular weight excluding hydrogens is 470 g/mol. The van der Waals surface area contributed by atoms with Crippen LogP contribution in [0.25, 0.3) is 0 Å². The van der Waals surface area contributed by atoms with Crippen molar-refractivity contribution in [3.63, 3.8) is 0 Å². The molecule has 0 saturated carbocycles. The van der Waals surface area contributed by atoms with Gasteiger partial charge in [-0.2, -0.15) is 11.8 Å². The number of unbranched alkanes of at least 4 members (excludes halogenated alkanes) is 3. The molecule has 2 aliphatic heterocycles. The Bertz CT molecular complexity index is 878. The third-order valence-corrected chi connectivity index (χ3v) is 7.75. The molecule has 4 N–H and O–H groups in total. The summed E-state index contributed by atoms with van der Waals surface area (Å²) in [6.45, 7) is 0.603. The van der Waals surface area contributed by atoms with Crippen molar-refractivity contribution < 1.29 is 29.0 Å². The van der Waals surface area contributed by atoms with Crippen molar-refractivity contribution in [2.24, 2.45) is 0 Å². The molecule has 2 saturated heterocycles. The van der Waals surface area contributed by atoms with E-state index < -0.39 is 5.97 Å². The largest absolute Gasteiger partial charge is 0.481 e. The number of ether oxygens (including phenoxy) is 1. The second-order valence-electron chi connectivity index (χ2n) is 9.04. The number of hydrogen-bond donors (Lipinski definition) is 4. The molecule has 3 amide bonds. The number of carbonyl (C=O) groups excluding carboxylic acids is 3. The Labute approximate surface area is 210 Å². The highest BCUT2D eigenvalue weighted by molar-refractivity contribution is 8.00. The zero-order valence-corrected chi connectivity index (χ0v) is 20.7. The third-order valence-electron chi connectivity index (χ3n) is 6.24. The summed E-state index contributed by atoms with van der Waals surface area (Å²) in [4.78, 5) is 46.0. The summed E-state index contributed by atoms with van der Waals surface area (Å²) in [5, 5.41) is 18.0. The second-order valence-corrected chi connectivity index (χ2v) is 10.3. The van der Waals surface area contributed by atoms with Crippen molar-refractivity contribution in [3.8, 4) is 5.75 Å². The topological polar surface area (TPSA) is 134 Å². The standard InChI is InChI=1S/C25H35N3O6S/c29-21(7-4-3-6-20-24-19(16-35-20)27-25(33)28-24)26-15-5-1-2-8-23(32)34-18-12-9-17(10-13-18)11-14-22(30)31/h9-10,12-13,19-20,24H,1-8,11,14-16H2,(H,26,29)(H,30,31)(H2,27,28,33)/t19-,20-,24-/m0/s1. The lowest BCUT2D eigenvalue weighted by Crippen LogP contribution is -2.36. The van der Waals surface area contributed by atoms with Gasteiger partial charge in [0, 0.05) is 36.8 Å². The highest BCUT2D eigenvalue weighted by atomic mass is 32.2. The van der Waals surface area contributed by atoms with Gasteiger partial charge in [0.25, 0.3) is 0 Å². The number of hydrogen-bond acceptors (Lipinski definition) is 6. The lowest BCUT2D eigenvalue weighted by molar-refractivity contribution is -0.137. The lowest BCUT2D eigenvalue weighted by Gasteiger charge is -2.16. The van der Waals surface area contributed by atoms with Gasteiger partial charge in [-0.15, -0.1) is 0 Å². The third kappa shape index (κ3) is 9.43. The van der Waals surface area contributed by atoms with E-state index in [2.05, 4.69) is 16.0 Å². The van der Waals surface area contributed by atoms with Gasteiger partial charge in [0.15, 0.2) is 0 Å². The number of carbonyl (C=O) groups is 4. The van der Waals surface area contributed by atoms with E-state index in [4.69, 9.17) is 9.84 Å². The van der Waals surface area contributed by atoms with Crippen LogP contribution >= 0.6 is 11.8 Å². The van der Waals surface area contributed by atoms with Crippen LogP contribution in [-0.2, 0) is 20.8 Å². The lowest BCUT2D eigenvalue weighted by atomic mass is 10.0. The molecule has 0 bridgehead atoms. The molecule has 0 aliphatic carbocycles. The summed E-state index contributed by atoms with van der Waals surface area (Å²) in [5.74, 6) is 0.329. The smallest absolute Gasteiger partial charge is 0.315 e. The summed E-state index contributed by atoms with van der Waals surface area (Å²) in [6, 6.07) is 7.28. The number of thioether (sulfide) groups is 1. The van der Waals surface area contributed by atoms with Crippen LogP contribution in [0.3, 0.4) is 0 Å². The van der Waals surface area contributed by atoms with Crippen LogP contribution in [0.1, 0.15) is 63.4 Å². The first kappa shape index (κ1) is 26.8. The number of esters is 1. The monoisotopic (exact) mass is 505 g/mol. The SMILES string of the molecule is O=C(O)CCc1ccc(OC(=O)CCCCCNC(=O)CCCC[C@@H]2SC[C@@H]3NC(=O)N[C@@H]32)cc1. The highest BCUT2D eigenvalue weighted by Crippen LogP contribution is 2.33. The number of aliphatic carboxylic acids is 1. The number of benzene rings is 1. The van der Waals surface area contributed by atoms with Crippen LogP contribution in [0.5, 0.6) is 5.75 Å². The van der Waals surface area contributed by atoms with Gasteiger partial charge in [-0.05, 0) is 49.8 Å². The molecular formula is C25H35N3O6S. The van der Waals surface area contributed by atoms with E-state index in [1.54, 1.807) is 24.3 Å². The fraction of sp³-hybridized carbons (Fsp3) is 0.600. The maximum absolute atomic E-state index is 12.0. The predicted octanol–water partition coefficient (Wildman–Crippen LogP) is 3.01. The van der Waals surface area contributed by atoms with E-state index in [0.717, 1.165) is 43.4 Å². The zero-order valence-electron chi connectivity index (χ0n) is 19.9. The molecule has 9 nitrogen and oxygen atoms in total. The van der Waals surface area contributed by atoms with Gasteiger partial charge in [-0.3, -0.25) is 14.4 Å². The number of carboxylic acid groups (broad SMARTS) is 1. The van der Waals surface area contributed by atoms with Crippen molar-refractivity contribution in [2.45, 2.75) is 81.5 Å². The quantitative estimate of drug-likeness (QED) is 0.125. The number of rotatable bonds is 15. The number of nitrogens with one attached hydrogen (secondary N) is 3. The molecule has 0 spiro atoms. The molecule has 0 unspecified atom stereocenters. The molecule has 2 heterocycles. The Kier molecular flexibility index (Phi) is 10.7. The minimum absolute atomic E-state index is 0.0593. The molecule has 2 aliphatic rings. The van der Waals surface area contributed by atoms with Gasteiger partial charge < -0.3 is 25.8 Å². The fourth-order valence-electron chi connectivity index (χ4n) is 4.32. The van der Waals surface area contributed by atoms with Gasteiger partial charge >= 0.3 is 18.0 Å².